The third-order valence-electron chi connectivity index (χ3n) is 2.36. The molecular formula is C12H11F2NS. The topological polar surface area (TPSA) is 12.0 Å². The van der Waals surface area contributed by atoms with E-state index < -0.39 is 11.6 Å². The summed E-state index contributed by atoms with van der Waals surface area (Å²) in [5.74, 6) is -1.12. The van der Waals surface area contributed by atoms with Gasteiger partial charge >= 0.3 is 0 Å². The molecule has 2 rings (SSSR count). The minimum atomic E-state index is -0.561. The van der Waals surface area contributed by atoms with Gasteiger partial charge in [-0.05, 0) is 36.1 Å². The van der Waals surface area contributed by atoms with Gasteiger partial charge in [0, 0.05) is 11.4 Å². The van der Waals surface area contributed by atoms with E-state index in [1.165, 1.54) is 18.2 Å². The third-order valence-corrected chi connectivity index (χ3v) is 3.38. The van der Waals surface area contributed by atoms with Gasteiger partial charge in [0.05, 0.1) is 0 Å². The number of thiophene rings is 1. The highest BCUT2D eigenvalue weighted by Crippen LogP contribution is 2.21. The molecule has 0 bridgehead atoms. The van der Waals surface area contributed by atoms with Crippen LogP contribution >= 0.6 is 11.3 Å². The van der Waals surface area contributed by atoms with E-state index in [9.17, 15) is 8.78 Å². The maximum Gasteiger partial charge on any atom is 0.149 e. The van der Waals surface area contributed by atoms with Crippen molar-refractivity contribution in [3.8, 4) is 0 Å². The molecule has 84 valence electrons. The van der Waals surface area contributed by atoms with E-state index in [2.05, 4.69) is 5.32 Å². The van der Waals surface area contributed by atoms with Crippen molar-refractivity contribution < 1.29 is 8.78 Å². The van der Waals surface area contributed by atoms with Crippen molar-refractivity contribution in [2.24, 2.45) is 0 Å². The first-order valence-corrected chi connectivity index (χ1v) is 5.77. The van der Waals surface area contributed by atoms with Crippen LogP contribution in [0.3, 0.4) is 0 Å². The van der Waals surface area contributed by atoms with Crippen LogP contribution in [0.5, 0.6) is 0 Å². The summed E-state index contributed by atoms with van der Waals surface area (Å²) < 4.78 is 26.6. The highest BCUT2D eigenvalue weighted by Gasteiger charge is 2.08. The fraction of sp³-hybridized carbons (Fsp3) is 0.167. The van der Waals surface area contributed by atoms with Crippen molar-refractivity contribution in [3.05, 3.63) is 51.7 Å². The number of para-hydroxylation sites is 1. The lowest BCUT2D eigenvalue weighted by Crippen LogP contribution is -2.03. The summed E-state index contributed by atoms with van der Waals surface area (Å²) in [7, 11) is 0. The van der Waals surface area contributed by atoms with Crippen molar-refractivity contribution in [1.29, 1.82) is 0 Å². The largest absolute Gasteiger partial charge is 0.375 e. The van der Waals surface area contributed by atoms with Crippen LogP contribution in [0.1, 0.15) is 10.4 Å². The zero-order chi connectivity index (χ0) is 11.5. The molecule has 2 aromatic rings. The zero-order valence-corrected chi connectivity index (χ0v) is 9.57. The summed E-state index contributed by atoms with van der Waals surface area (Å²) in [6.07, 6.45) is 0. The number of rotatable bonds is 3. The standard InChI is InChI=1S/C12H11F2NS/c1-8-5-6-16-11(8)7-15-12-9(13)3-2-4-10(12)14/h2-6,15H,7H2,1H3. The Bertz CT molecular complexity index is 473. The molecule has 1 aromatic carbocycles. The quantitative estimate of drug-likeness (QED) is 0.855. The second kappa shape index (κ2) is 4.61. The van der Waals surface area contributed by atoms with Crippen molar-refractivity contribution in [2.75, 3.05) is 5.32 Å². The molecule has 4 heteroatoms. The van der Waals surface area contributed by atoms with Gasteiger partial charge in [-0.1, -0.05) is 6.07 Å². The van der Waals surface area contributed by atoms with Crippen LogP contribution in [0, 0.1) is 18.6 Å². The second-order valence-electron chi connectivity index (χ2n) is 3.48. The Morgan fingerprint density at radius 3 is 2.44 bits per heavy atom. The monoisotopic (exact) mass is 239 g/mol. The van der Waals surface area contributed by atoms with Crippen LogP contribution in [0.2, 0.25) is 0 Å². The fourth-order valence-electron chi connectivity index (χ4n) is 1.42. The molecule has 0 saturated heterocycles. The lowest BCUT2D eigenvalue weighted by molar-refractivity contribution is 0.588. The zero-order valence-electron chi connectivity index (χ0n) is 8.76. The van der Waals surface area contributed by atoms with Crippen LogP contribution in [-0.2, 0) is 6.54 Å². The Labute approximate surface area is 96.7 Å². The Morgan fingerprint density at radius 2 is 1.88 bits per heavy atom. The van der Waals surface area contributed by atoms with E-state index in [1.807, 2.05) is 18.4 Å². The van der Waals surface area contributed by atoms with Crippen LogP contribution < -0.4 is 5.32 Å². The number of anilines is 1. The lowest BCUT2D eigenvalue weighted by atomic mass is 10.2. The molecule has 0 aliphatic rings. The first-order valence-electron chi connectivity index (χ1n) is 4.89. The number of aryl methyl sites for hydroxylation is 1. The SMILES string of the molecule is Cc1ccsc1CNc1c(F)cccc1F. The molecule has 1 N–H and O–H groups in total. The van der Waals surface area contributed by atoms with E-state index in [1.54, 1.807) is 11.3 Å². The average molecular weight is 239 g/mol. The molecule has 1 nitrogen and oxygen atoms in total. The molecule has 1 aromatic heterocycles. The predicted molar refractivity (Wildman–Crippen MR) is 62.7 cm³/mol. The number of nitrogens with one attached hydrogen (secondary N) is 1. The molecule has 0 amide bonds. The molecule has 0 aliphatic heterocycles. The van der Waals surface area contributed by atoms with Gasteiger partial charge in [0.25, 0.3) is 0 Å². The van der Waals surface area contributed by atoms with Gasteiger partial charge < -0.3 is 5.32 Å². The molecule has 0 saturated carbocycles. The molecule has 0 unspecified atom stereocenters. The summed E-state index contributed by atoms with van der Waals surface area (Å²) in [6, 6.07) is 5.82. The van der Waals surface area contributed by atoms with Crippen LogP contribution in [-0.4, -0.2) is 0 Å². The molecular weight excluding hydrogens is 228 g/mol. The van der Waals surface area contributed by atoms with Gasteiger partial charge in [-0.15, -0.1) is 11.3 Å². The van der Waals surface area contributed by atoms with Crippen molar-refractivity contribution in [3.63, 3.8) is 0 Å². The van der Waals surface area contributed by atoms with E-state index in [-0.39, 0.29) is 5.69 Å². The molecule has 0 atom stereocenters. The summed E-state index contributed by atoms with van der Waals surface area (Å²) in [5.41, 5.74) is 1.07. The lowest BCUT2D eigenvalue weighted by Gasteiger charge is -2.07. The third kappa shape index (κ3) is 2.22. The van der Waals surface area contributed by atoms with Crippen LogP contribution in [0.15, 0.2) is 29.6 Å². The van der Waals surface area contributed by atoms with Gasteiger partial charge in [-0.3, -0.25) is 0 Å². The molecule has 0 spiro atoms. The predicted octanol–water partition coefficient (Wildman–Crippen LogP) is 3.95. The first kappa shape index (κ1) is 11.1. The second-order valence-corrected chi connectivity index (χ2v) is 4.48. The number of benzene rings is 1. The minimum absolute atomic E-state index is 0.0599. The Balaban J connectivity index is 2.14. The summed E-state index contributed by atoms with van der Waals surface area (Å²) in [6.45, 7) is 2.42. The Kier molecular flexibility index (Phi) is 3.19. The van der Waals surface area contributed by atoms with E-state index in [0.717, 1.165) is 10.4 Å². The van der Waals surface area contributed by atoms with Crippen molar-refractivity contribution in [2.45, 2.75) is 13.5 Å². The van der Waals surface area contributed by atoms with Crippen molar-refractivity contribution in [1.82, 2.24) is 0 Å². The minimum Gasteiger partial charge on any atom is -0.375 e. The van der Waals surface area contributed by atoms with Crippen LogP contribution in [0.4, 0.5) is 14.5 Å². The number of halogens is 2. The van der Waals surface area contributed by atoms with Crippen LogP contribution in [0.25, 0.3) is 0 Å². The van der Waals surface area contributed by atoms with Gasteiger partial charge in [0.2, 0.25) is 0 Å². The smallest absolute Gasteiger partial charge is 0.149 e. The highest BCUT2D eigenvalue weighted by atomic mass is 32.1. The molecule has 0 aliphatic carbocycles. The summed E-state index contributed by atoms with van der Waals surface area (Å²) in [4.78, 5) is 1.09. The summed E-state index contributed by atoms with van der Waals surface area (Å²) in [5, 5.41) is 4.75. The van der Waals surface area contributed by atoms with Gasteiger partial charge in [0.15, 0.2) is 0 Å². The average Bonchev–Trinajstić information content (AvgIpc) is 2.64. The maximum atomic E-state index is 13.3. The molecule has 1 heterocycles. The van der Waals surface area contributed by atoms with Crippen molar-refractivity contribution >= 4 is 17.0 Å². The normalized spacial score (nSPS) is 10.4. The van der Waals surface area contributed by atoms with Gasteiger partial charge in [0.1, 0.15) is 17.3 Å². The Morgan fingerprint density at radius 1 is 1.19 bits per heavy atom. The molecule has 0 fully saturated rings. The highest BCUT2D eigenvalue weighted by molar-refractivity contribution is 7.10. The molecule has 16 heavy (non-hydrogen) atoms. The first-order chi connectivity index (χ1) is 7.68. The van der Waals surface area contributed by atoms with Gasteiger partial charge in [-0.2, -0.15) is 0 Å². The van der Waals surface area contributed by atoms with E-state index in [4.69, 9.17) is 0 Å². The van der Waals surface area contributed by atoms with E-state index >= 15 is 0 Å². The maximum absolute atomic E-state index is 13.3. The Hall–Kier alpha value is -1.42. The number of hydrogen-bond donors (Lipinski definition) is 1. The van der Waals surface area contributed by atoms with Gasteiger partial charge in [-0.25, -0.2) is 8.78 Å². The fourth-order valence-corrected chi connectivity index (χ4v) is 2.27. The van der Waals surface area contributed by atoms with E-state index in [0.29, 0.717) is 6.54 Å². The summed E-state index contributed by atoms with van der Waals surface area (Å²) >= 11 is 1.57. The number of hydrogen-bond acceptors (Lipinski definition) is 2. The molecule has 0 radical (unpaired) electrons.